The van der Waals surface area contributed by atoms with Gasteiger partial charge in [0, 0.05) is 22.9 Å². The number of tetrazole rings is 1. The van der Waals surface area contributed by atoms with E-state index in [2.05, 4.69) is 20.4 Å². The summed E-state index contributed by atoms with van der Waals surface area (Å²) in [5, 5.41) is 14.9. The molecule has 0 radical (unpaired) electrons. The minimum atomic E-state index is -0.442. The number of esters is 1. The number of aromatic nitrogens is 5. The number of hydrogen-bond acceptors (Lipinski definition) is 8. The van der Waals surface area contributed by atoms with Crippen molar-refractivity contribution in [3.63, 3.8) is 0 Å². The monoisotopic (exact) mass is 421 g/mol. The molecule has 0 spiro atoms. The normalized spacial score (nSPS) is 10.7. The first-order chi connectivity index (χ1) is 14.7. The molecule has 0 amide bonds. The van der Waals surface area contributed by atoms with Gasteiger partial charge in [0.1, 0.15) is 10.8 Å². The molecule has 0 unspecified atom stereocenters. The lowest BCUT2D eigenvalue weighted by atomic mass is 10.2. The van der Waals surface area contributed by atoms with Gasteiger partial charge in [-0.25, -0.2) is 9.78 Å². The summed E-state index contributed by atoms with van der Waals surface area (Å²) in [5.41, 5.74) is 2.13. The third kappa shape index (κ3) is 4.69. The van der Waals surface area contributed by atoms with Gasteiger partial charge in [0.15, 0.2) is 5.69 Å². The van der Waals surface area contributed by atoms with Crippen molar-refractivity contribution in [2.45, 2.75) is 13.0 Å². The Morgan fingerprint density at radius 3 is 2.63 bits per heavy atom. The van der Waals surface area contributed by atoms with Crippen molar-refractivity contribution in [3.8, 4) is 27.7 Å². The standard InChI is InChI=1S/C21H19N5O3S/c1-28-17-10-8-16(9-11-17)20-22-18(14-30-20)21(27)29-13-5-12-26-24-19(23-25-26)15-6-3-2-4-7-15/h2-4,6-11,14H,5,12-13H2,1H3. The van der Waals surface area contributed by atoms with E-state index < -0.39 is 5.97 Å². The summed E-state index contributed by atoms with van der Waals surface area (Å²) in [5.74, 6) is 0.899. The maximum atomic E-state index is 12.2. The molecule has 8 nitrogen and oxygen atoms in total. The summed E-state index contributed by atoms with van der Waals surface area (Å²) < 4.78 is 10.5. The predicted octanol–water partition coefficient (Wildman–Crippen LogP) is 3.72. The Kier molecular flexibility index (Phi) is 6.09. The Morgan fingerprint density at radius 2 is 1.87 bits per heavy atom. The highest BCUT2D eigenvalue weighted by molar-refractivity contribution is 7.13. The Labute approximate surface area is 177 Å². The van der Waals surface area contributed by atoms with Crippen LogP contribution in [0.2, 0.25) is 0 Å². The van der Waals surface area contributed by atoms with Crippen LogP contribution in [0.3, 0.4) is 0 Å². The predicted molar refractivity (Wildman–Crippen MR) is 112 cm³/mol. The van der Waals surface area contributed by atoms with Crippen LogP contribution in [0.5, 0.6) is 5.75 Å². The van der Waals surface area contributed by atoms with Crippen LogP contribution in [0.25, 0.3) is 22.0 Å². The summed E-state index contributed by atoms with van der Waals surface area (Å²) in [6.07, 6.45) is 0.575. The number of carbonyl (C=O) groups is 1. The van der Waals surface area contributed by atoms with Crippen LogP contribution < -0.4 is 4.74 Å². The molecule has 9 heteroatoms. The number of aryl methyl sites for hydroxylation is 1. The first kappa shape index (κ1) is 19.7. The van der Waals surface area contributed by atoms with E-state index in [1.807, 2.05) is 54.6 Å². The average Bonchev–Trinajstić information content (AvgIpc) is 3.47. The Bertz CT molecular complexity index is 1110. The molecule has 0 saturated carbocycles. The summed E-state index contributed by atoms with van der Waals surface area (Å²) in [6.45, 7) is 0.748. The van der Waals surface area contributed by atoms with Crippen LogP contribution in [-0.2, 0) is 11.3 Å². The van der Waals surface area contributed by atoms with E-state index in [0.29, 0.717) is 24.5 Å². The second kappa shape index (κ2) is 9.27. The van der Waals surface area contributed by atoms with Gasteiger partial charge in [-0.05, 0) is 29.5 Å². The van der Waals surface area contributed by atoms with Crippen molar-refractivity contribution in [2.24, 2.45) is 0 Å². The van der Waals surface area contributed by atoms with E-state index in [4.69, 9.17) is 9.47 Å². The first-order valence-electron chi connectivity index (χ1n) is 9.33. The highest BCUT2D eigenvalue weighted by Crippen LogP contribution is 2.26. The van der Waals surface area contributed by atoms with Crippen molar-refractivity contribution in [1.29, 1.82) is 0 Å². The number of hydrogen-bond donors (Lipinski definition) is 0. The topological polar surface area (TPSA) is 92.0 Å². The zero-order valence-corrected chi connectivity index (χ0v) is 17.1. The fourth-order valence-corrected chi connectivity index (χ4v) is 3.51. The lowest BCUT2D eigenvalue weighted by molar-refractivity contribution is 0.0487. The van der Waals surface area contributed by atoms with Crippen LogP contribution >= 0.6 is 11.3 Å². The Balaban J connectivity index is 1.26. The van der Waals surface area contributed by atoms with E-state index >= 15 is 0 Å². The molecule has 0 aliphatic heterocycles. The van der Waals surface area contributed by atoms with E-state index in [1.165, 1.54) is 16.1 Å². The molecule has 0 fully saturated rings. The molecular formula is C21H19N5O3S. The van der Waals surface area contributed by atoms with E-state index in [9.17, 15) is 4.79 Å². The summed E-state index contributed by atoms with van der Waals surface area (Å²) in [4.78, 5) is 18.1. The minimum absolute atomic E-state index is 0.246. The number of carbonyl (C=O) groups excluding carboxylic acids is 1. The molecule has 30 heavy (non-hydrogen) atoms. The number of nitrogens with zero attached hydrogens (tertiary/aromatic N) is 5. The number of benzene rings is 2. The Morgan fingerprint density at radius 1 is 1.07 bits per heavy atom. The van der Waals surface area contributed by atoms with Gasteiger partial charge >= 0.3 is 5.97 Å². The smallest absolute Gasteiger partial charge is 0.357 e. The molecule has 152 valence electrons. The molecule has 4 aromatic rings. The lowest BCUT2D eigenvalue weighted by Crippen LogP contribution is -2.10. The third-order valence-corrected chi connectivity index (χ3v) is 5.16. The zero-order chi connectivity index (χ0) is 20.8. The maximum Gasteiger partial charge on any atom is 0.357 e. The van der Waals surface area contributed by atoms with Crippen molar-refractivity contribution >= 4 is 17.3 Å². The van der Waals surface area contributed by atoms with E-state index in [1.54, 1.807) is 12.5 Å². The first-order valence-corrected chi connectivity index (χ1v) is 10.2. The largest absolute Gasteiger partial charge is 0.497 e. The van der Waals surface area contributed by atoms with Crippen LogP contribution in [0.15, 0.2) is 60.0 Å². The molecule has 0 bridgehead atoms. The van der Waals surface area contributed by atoms with Gasteiger partial charge < -0.3 is 9.47 Å². The van der Waals surface area contributed by atoms with Crippen LogP contribution in [0, 0.1) is 0 Å². The molecule has 0 saturated heterocycles. The highest BCUT2D eigenvalue weighted by atomic mass is 32.1. The maximum absolute atomic E-state index is 12.2. The molecule has 4 rings (SSSR count). The summed E-state index contributed by atoms with van der Waals surface area (Å²) >= 11 is 1.40. The number of methoxy groups -OCH3 is 1. The number of thiazole rings is 1. The second-order valence-corrected chi connectivity index (χ2v) is 7.19. The molecular weight excluding hydrogens is 402 g/mol. The molecule has 0 aliphatic carbocycles. The van der Waals surface area contributed by atoms with Crippen LogP contribution in [0.1, 0.15) is 16.9 Å². The fourth-order valence-electron chi connectivity index (χ4n) is 2.72. The van der Waals surface area contributed by atoms with Crippen molar-refractivity contribution in [1.82, 2.24) is 25.2 Å². The number of ether oxygens (including phenoxy) is 2. The van der Waals surface area contributed by atoms with Gasteiger partial charge in [-0.15, -0.1) is 21.5 Å². The lowest BCUT2D eigenvalue weighted by Gasteiger charge is -2.02. The molecule has 2 aromatic carbocycles. The summed E-state index contributed by atoms with van der Waals surface area (Å²) in [7, 11) is 1.62. The number of rotatable bonds is 8. The molecule has 2 aromatic heterocycles. The second-order valence-electron chi connectivity index (χ2n) is 6.33. The van der Waals surface area contributed by atoms with Crippen molar-refractivity contribution in [2.75, 3.05) is 13.7 Å². The average molecular weight is 421 g/mol. The minimum Gasteiger partial charge on any atom is -0.497 e. The summed E-state index contributed by atoms with van der Waals surface area (Å²) in [6, 6.07) is 17.2. The van der Waals surface area contributed by atoms with Gasteiger partial charge in [0.05, 0.1) is 20.3 Å². The van der Waals surface area contributed by atoms with Crippen LogP contribution in [-0.4, -0.2) is 44.9 Å². The SMILES string of the molecule is COc1ccc(-c2nc(C(=O)OCCCn3nnc(-c4ccccc4)n3)cs2)cc1. The molecule has 2 heterocycles. The van der Waals surface area contributed by atoms with Crippen molar-refractivity contribution in [3.05, 3.63) is 65.7 Å². The van der Waals surface area contributed by atoms with E-state index in [-0.39, 0.29) is 6.61 Å². The van der Waals surface area contributed by atoms with Gasteiger partial charge in [-0.3, -0.25) is 0 Å². The van der Waals surface area contributed by atoms with E-state index in [0.717, 1.165) is 21.9 Å². The third-order valence-electron chi connectivity index (χ3n) is 4.27. The van der Waals surface area contributed by atoms with Gasteiger partial charge in [-0.1, -0.05) is 30.3 Å². The van der Waals surface area contributed by atoms with Crippen molar-refractivity contribution < 1.29 is 14.3 Å². The quantitative estimate of drug-likeness (QED) is 0.316. The molecule has 0 aliphatic rings. The van der Waals surface area contributed by atoms with Gasteiger partial charge in [-0.2, -0.15) is 4.80 Å². The molecule has 0 atom stereocenters. The van der Waals surface area contributed by atoms with Crippen LogP contribution in [0.4, 0.5) is 0 Å². The zero-order valence-electron chi connectivity index (χ0n) is 16.3. The Hall–Kier alpha value is -3.59. The van der Waals surface area contributed by atoms with Gasteiger partial charge in [0.25, 0.3) is 0 Å². The fraction of sp³-hybridized carbons (Fsp3) is 0.190. The van der Waals surface area contributed by atoms with Gasteiger partial charge in [0.2, 0.25) is 5.82 Å². The molecule has 0 N–H and O–H groups in total. The highest BCUT2D eigenvalue weighted by Gasteiger charge is 2.13.